The number of aliphatic hydroxyl groups is 2. The van der Waals surface area contributed by atoms with E-state index >= 15 is 0 Å². The summed E-state index contributed by atoms with van der Waals surface area (Å²) in [4.78, 5) is 0. The highest BCUT2D eigenvalue weighted by molar-refractivity contribution is 5.75. The average Bonchev–Trinajstić information content (AvgIpc) is 2.44. The van der Waals surface area contributed by atoms with Gasteiger partial charge in [0.1, 0.15) is 5.75 Å². The fourth-order valence-electron chi connectivity index (χ4n) is 1.82. The normalized spacial score (nSPS) is 12.1. The van der Waals surface area contributed by atoms with Gasteiger partial charge in [0.2, 0.25) is 0 Å². The topological polar surface area (TPSA) is 60.7 Å². The number of hydrogen-bond donors (Lipinski definition) is 3. The van der Waals surface area contributed by atoms with Crippen LogP contribution in [0.3, 0.4) is 0 Å². The third-order valence-electron chi connectivity index (χ3n) is 2.85. The lowest BCUT2D eigenvalue weighted by molar-refractivity contribution is 0.263. The van der Waals surface area contributed by atoms with E-state index in [1.165, 1.54) is 0 Å². The van der Waals surface area contributed by atoms with Gasteiger partial charge in [0.25, 0.3) is 0 Å². The molecule has 0 atom stereocenters. The van der Waals surface area contributed by atoms with Crippen molar-refractivity contribution in [1.29, 1.82) is 0 Å². The van der Waals surface area contributed by atoms with Gasteiger partial charge in [-0.3, -0.25) is 0 Å². The quantitative estimate of drug-likeness (QED) is 0.544. The Balaban J connectivity index is 3.21. The van der Waals surface area contributed by atoms with E-state index in [1.807, 2.05) is 25.2 Å². The van der Waals surface area contributed by atoms with Crippen LogP contribution < -0.4 is 0 Å². The van der Waals surface area contributed by atoms with Gasteiger partial charge in [0.15, 0.2) is 0 Å². The fraction of sp³-hybridized carbons (Fsp3) is 0.250. The Labute approximate surface area is 113 Å². The first-order valence-electron chi connectivity index (χ1n) is 6.18. The molecule has 0 saturated heterocycles. The summed E-state index contributed by atoms with van der Waals surface area (Å²) in [6.45, 7) is 5.04. The number of allylic oxidation sites excluding steroid dienone is 5. The average molecular weight is 260 g/mol. The molecule has 0 heterocycles. The second kappa shape index (κ2) is 7.56. The van der Waals surface area contributed by atoms with Gasteiger partial charge in [-0.25, -0.2) is 0 Å². The molecule has 3 heteroatoms. The second-order valence-electron chi connectivity index (χ2n) is 4.13. The molecule has 0 unspecified atom stereocenters. The fourth-order valence-corrected chi connectivity index (χ4v) is 1.82. The van der Waals surface area contributed by atoms with Crippen LogP contribution in [-0.4, -0.2) is 15.3 Å². The van der Waals surface area contributed by atoms with Crippen molar-refractivity contribution in [1.82, 2.24) is 0 Å². The number of benzene rings is 1. The molecule has 0 aliphatic heterocycles. The molecular weight excluding hydrogens is 240 g/mol. The number of phenols is 1. The molecule has 0 aliphatic carbocycles. The van der Waals surface area contributed by atoms with Gasteiger partial charge in [0.05, 0.1) is 13.2 Å². The van der Waals surface area contributed by atoms with Gasteiger partial charge in [-0.05, 0) is 36.6 Å². The number of rotatable bonds is 6. The van der Waals surface area contributed by atoms with Crippen LogP contribution in [-0.2, 0) is 13.2 Å². The summed E-state index contributed by atoms with van der Waals surface area (Å²) in [5.74, 6) is -0.0423. The molecule has 0 bridgehead atoms. The summed E-state index contributed by atoms with van der Waals surface area (Å²) in [5.41, 5.74) is 2.65. The highest BCUT2D eigenvalue weighted by Crippen LogP contribution is 2.28. The van der Waals surface area contributed by atoms with Crippen molar-refractivity contribution in [2.45, 2.75) is 26.6 Å². The van der Waals surface area contributed by atoms with Crippen molar-refractivity contribution in [3.05, 3.63) is 59.7 Å². The highest BCUT2D eigenvalue weighted by Gasteiger charge is 2.10. The molecule has 0 amide bonds. The van der Waals surface area contributed by atoms with Crippen LogP contribution in [0.1, 0.15) is 30.0 Å². The molecule has 0 aliphatic rings. The molecule has 19 heavy (non-hydrogen) atoms. The molecule has 1 rings (SSSR count). The van der Waals surface area contributed by atoms with Gasteiger partial charge in [-0.1, -0.05) is 24.3 Å². The van der Waals surface area contributed by atoms with Crippen LogP contribution >= 0.6 is 0 Å². The summed E-state index contributed by atoms with van der Waals surface area (Å²) in [6, 6.07) is 3.45. The van der Waals surface area contributed by atoms with Crippen molar-refractivity contribution in [3.63, 3.8) is 0 Å². The summed E-state index contributed by atoms with van der Waals surface area (Å²) in [5, 5.41) is 28.3. The lowest BCUT2D eigenvalue weighted by Gasteiger charge is -2.11. The maximum atomic E-state index is 9.81. The molecule has 3 nitrogen and oxygen atoms in total. The second-order valence-corrected chi connectivity index (χ2v) is 4.13. The smallest absolute Gasteiger partial charge is 0.126 e. The van der Waals surface area contributed by atoms with Crippen LogP contribution in [0.2, 0.25) is 0 Å². The third-order valence-corrected chi connectivity index (χ3v) is 2.85. The van der Waals surface area contributed by atoms with Gasteiger partial charge < -0.3 is 15.3 Å². The minimum Gasteiger partial charge on any atom is -0.507 e. The Kier molecular flexibility index (Phi) is 6.06. The molecule has 3 N–H and O–H groups in total. The molecule has 0 saturated carbocycles. The molecular formula is C16H20O3. The van der Waals surface area contributed by atoms with Crippen molar-refractivity contribution in [2.75, 3.05) is 0 Å². The number of hydrogen-bond acceptors (Lipinski definition) is 3. The van der Waals surface area contributed by atoms with E-state index < -0.39 is 0 Å². The summed E-state index contributed by atoms with van der Waals surface area (Å²) in [7, 11) is 0. The third kappa shape index (κ3) is 3.81. The maximum absolute atomic E-state index is 9.81. The van der Waals surface area contributed by atoms with Crippen molar-refractivity contribution in [2.24, 2.45) is 0 Å². The maximum Gasteiger partial charge on any atom is 0.126 e. The van der Waals surface area contributed by atoms with Crippen molar-refractivity contribution >= 4 is 5.57 Å². The molecule has 0 fully saturated rings. The minimum atomic E-state index is -0.264. The Morgan fingerprint density at radius 2 is 1.79 bits per heavy atom. The van der Waals surface area contributed by atoms with Crippen LogP contribution in [0.5, 0.6) is 5.75 Å². The van der Waals surface area contributed by atoms with Gasteiger partial charge in [-0.15, -0.1) is 6.58 Å². The highest BCUT2D eigenvalue weighted by atomic mass is 16.3. The Hall–Kier alpha value is -1.84. The van der Waals surface area contributed by atoms with E-state index in [9.17, 15) is 15.3 Å². The van der Waals surface area contributed by atoms with E-state index in [2.05, 4.69) is 6.58 Å². The van der Waals surface area contributed by atoms with Crippen LogP contribution in [0, 0.1) is 0 Å². The van der Waals surface area contributed by atoms with E-state index in [0.717, 1.165) is 17.6 Å². The molecule has 0 spiro atoms. The first-order chi connectivity index (χ1) is 9.17. The molecule has 0 aromatic heterocycles. The van der Waals surface area contributed by atoms with E-state index in [0.29, 0.717) is 11.1 Å². The van der Waals surface area contributed by atoms with Crippen LogP contribution in [0.25, 0.3) is 5.57 Å². The largest absolute Gasteiger partial charge is 0.507 e. The van der Waals surface area contributed by atoms with Crippen LogP contribution in [0.4, 0.5) is 0 Å². The van der Waals surface area contributed by atoms with E-state index in [-0.39, 0.29) is 19.0 Å². The zero-order valence-electron chi connectivity index (χ0n) is 11.1. The van der Waals surface area contributed by atoms with Crippen LogP contribution in [0.15, 0.2) is 43.0 Å². The molecule has 102 valence electrons. The zero-order chi connectivity index (χ0) is 14.3. The summed E-state index contributed by atoms with van der Waals surface area (Å²) in [6.07, 6.45) is 8.45. The van der Waals surface area contributed by atoms with Gasteiger partial charge in [-0.2, -0.15) is 0 Å². The molecule has 1 aromatic carbocycles. The van der Waals surface area contributed by atoms with Gasteiger partial charge in [0, 0.05) is 11.1 Å². The minimum absolute atomic E-state index is 0.0423. The SMILES string of the molecule is C=CC/C=C\C(=C/C)c1cc(CO)c(O)c(CO)c1. The Bertz CT molecular complexity index is 474. The molecule has 1 aromatic rings. The first-order valence-corrected chi connectivity index (χ1v) is 6.18. The molecule has 0 radical (unpaired) electrons. The standard InChI is InChI=1S/C16H20O3/c1-3-5-6-7-12(4-2)13-8-14(10-17)16(19)15(9-13)11-18/h3-4,6-9,17-19H,1,5,10-11H2,2H3/b7-6-,12-4+. The lowest BCUT2D eigenvalue weighted by atomic mass is 9.98. The summed E-state index contributed by atoms with van der Waals surface area (Å²) >= 11 is 0. The van der Waals surface area contributed by atoms with Crippen molar-refractivity contribution in [3.8, 4) is 5.75 Å². The number of aromatic hydroxyl groups is 1. The Morgan fingerprint density at radius 3 is 2.21 bits per heavy atom. The van der Waals surface area contributed by atoms with E-state index in [4.69, 9.17) is 0 Å². The predicted molar refractivity (Wildman–Crippen MR) is 77.6 cm³/mol. The van der Waals surface area contributed by atoms with Crippen molar-refractivity contribution < 1.29 is 15.3 Å². The first kappa shape index (κ1) is 15.2. The monoisotopic (exact) mass is 260 g/mol. The summed E-state index contributed by atoms with van der Waals surface area (Å²) < 4.78 is 0. The zero-order valence-corrected chi connectivity index (χ0v) is 11.1. The van der Waals surface area contributed by atoms with E-state index in [1.54, 1.807) is 18.2 Å². The lowest BCUT2D eigenvalue weighted by Crippen LogP contribution is -1.95. The predicted octanol–water partition coefficient (Wildman–Crippen LogP) is 2.91. The number of aliphatic hydroxyl groups excluding tert-OH is 2. The van der Waals surface area contributed by atoms with Gasteiger partial charge >= 0.3 is 0 Å². The Morgan fingerprint density at radius 1 is 1.21 bits per heavy atom.